The maximum atomic E-state index is 13.8. The van der Waals surface area contributed by atoms with Gasteiger partial charge in [-0.1, -0.05) is 239 Å². The fourth-order valence-corrected chi connectivity index (χ4v) is 19.2. The number of aromatic nitrogens is 12. The molecule has 0 saturated heterocycles. The molecule has 0 unspecified atom stereocenters. The minimum Gasteiger partial charge on any atom is -0.356 e. The fraction of sp³-hybridized carbons (Fsp3) is 0.298. The van der Waals surface area contributed by atoms with Crippen LogP contribution in [0.3, 0.4) is 0 Å². The molecule has 0 aliphatic heterocycles. The Balaban J connectivity index is 0.000000188. The summed E-state index contributed by atoms with van der Waals surface area (Å²) in [5.74, 6) is 5.82. The smallest absolute Gasteiger partial charge is 0.356 e. The Morgan fingerprint density at radius 3 is 1.54 bits per heavy atom. The number of benzene rings is 11. The molecular weight excluding hydrogens is 2510 g/mol. The first-order valence-electron chi connectivity index (χ1n) is 49.3. The van der Waals surface area contributed by atoms with Crippen LogP contribution in [-0.2, 0) is 119 Å². The molecule has 21 heteroatoms. The van der Waals surface area contributed by atoms with Crippen LogP contribution in [0.25, 0.3) is 112 Å². The minimum atomic E-state index is -4.46. The van der Waals surface area contributed by atoms with Gasteiger partial charge in [0.05, 0.1) is 53.0 Å². The van der Waals surface area contributed by atoms with Gasteiger partial charge in [-0.05, 0) is 238 Å². The van der Waals surface area contributed by atoms with Crippen molar-refractivity contribution in [3.8, 4) is 85.5 Å². The second-order valence-electron chi connectivity index (χ2n) is 38.8. The van der Waals surface area contributed by atoms with Crippen molar-refractivity contribution >= 4 is 33.0 Å². The number of pyridine rings is 2. The van der Waals surface area contributed by atoms with Gasteiger partial charge in [0.15, 0.2) is 0 Å². The molecule has 0 aliphatic carbocycles. The Bertz CT molecular complexity index is 7500. The predicted octanol–water partition coefficient (Wildman–Crippen LogP) is 31.8. The van der Waals surface area contributed by atoms with E-state index in [-0.39, 0.29) is 80.4 Å². The minimum absolute atomic E-state index is 0. The Hall–Kier alpha value is -12.1. The van der Waals surface area contributed by atoms with Gasteiger partial charge in [-0.25, -0.2) is 0 Å². The molecule has 0 N–H and O–H groups in total. The maximum absolute atomic E-state index is 13.8. The predicted molar refractivity (Wildman–Crippen MR) is 571 cm³/mol. The molecule has 0 aliphatic rings. The summed E-state index contributed by atoms with van der Waals surface area (Å²) in [6, 6.07) is 80.0. The number of imidazole rings is 4. The van der Waals surface area contributed by atoms with Crippen molar-refractivity contribution in [2.24, 2.45) is 5.92 Å². The van der Waals surface area contributed by atoms with E-state index in [0.717, 1.165) is 152 Å². The molecule has 0 amide bonds. The van der Waals surface area contributed by atoms with Crippen LogP contribution in [0.5, 0.6) is 0 Å². The zero-order chi connectivity index (χ0) is 101. The molecule has 0 fully saturated rings. The van der Waals surface area contributed by atoms with Crippen molar-refractivity contribution in [3.63, 3.8) is 0 Å². The molecule has 4 radical (unpaired) electrons. The molecule has 14 nitrogen and oxygen atoms in total. The van der Waals surface area contributed by atoms with E-state index < -0.39 is 11.7 Å². The quantitative estimate of drug-likeness (QED) is 0.0455. The molecule has 756 valence electrons. The number of nitriles is 1. The number of aryl methyl sites for hydroxylation is 15. The van der Waals surface area contributed by atoms with Crippen LogP contribution >= 0.6 is 0 Å². The van der Waals surface area contributed by atoms with E-state index in [4.69, 9.17) is 36.9 Å². The largest absolute Gasteiger partial charge is 0.381 e. The standard InChI is InChI=1S/C35H30F3N2.C24H29N2.C23H29N4.C23H24N3.C19H16N3.4Ir/c1-21(2)27-11-8-12-28(22(3)4)33(27)24-13-15-29-31-19-25(35(36,37)38)14-16-30(31)34-39-26(20-40(34)32(29)18-24)17-23-9-6-5-7-10-23;1-6-8-11-20-14-18(4)23(19(5)15-20)26-16-22(7-2)25-24(26)21-12-9-10-17(3)13-21;1-14(2)10-21-25-23(19-8-9-20(15(3)4)24-13-19)27(26-21)22-17(6)11-16(5)12-18(22)7;1-6-7-10-21-15-26(22-17(3)12-16(2)13-18(22)4)23(25-21)19-9-8-11-20(14-19)24-5;1-13-9-14(2)18(15(3)10-13)22-8-7-21-19(22)17-6-4-5-16(11-17)12-20;;;;/h5-15,18-22H,17H2,1-4H3;9-10,13-16H,6-8,11H2,1-5H3;9,11-15H,10H2,1-7H3;8,11-15H,6-7,10H2,1-4H3;4-5,7-11H,1-3H3;;;;/q5*-1;;;;. The van der Waals surface area contributed by atoms with Crippen molar-refractivity contribution in [1.82, 2.24) is 57.8 Å². The molecule has 18 aromatic rings. The zero-order valence-corrected chi connectivity index (χ0v) is 96.8. The molecule has 7 aromatic heterocycles. The van der Waals surface area contributed by atoms with Gasteiger partial charge in [0, 0.05) is 158 Å². The summed E-state index contributed by atoms with van der Waals surface area (Å²) in [4.78, 5) is 32.2. The van der Waals surface area contributed by atoms with Crippen LogP contribution in [0.4, 0.5) is 18.9 Å². The number of hydrogen-bond acceptors (Lipinski definition) is 8. The van der Waals surface area contributed by atoms with Gasteiger partial charge in [-0.15, -0.1) is 125 Å². The topological polar surface area (TPSA) is 143 Å². The number of alkyl halides is 3. The van der Waals surface area contributed by atoms with Crippen molar-refractivity contribution in [2.75, 3.05) is 0 Å². The third-order valence-corrected chi connectivity index (χ3v) is 25.5. The summed E-state index contributed by atoms with van der Waals surface area (Å²) in [6.45, 7) is 57.0. The molecule has 0 spiro atoms. The van der Waals surface area contributed by atoms with E-state index in [0.29, 0.717) is 57.8 Å². The van der Waals surface area contributed by atoms with Gasteiger partial charge in [0.2, 0.25) is 0 Å². The summed E-state index contributed by atoms with van der Waals surface area (Å²) in [5, 5.41) is 15.8. The molecule has 0 saturated carbocycles. The fourth-order valence-electron chi connectivity index (χ4n) is 19.2. The first-order valence-corrected chi connectivity index (χ1v) is 49.3. The molecule has 11 aromatic carbocycles. The number of unbranched alkanes of at least 4 members (excludes halogenated alkanes) is 2. The molecule has 18 rings (SSSR count). The normalized spacial score (nSPS) is 11.1. The first kappa shape index (κ1) is 115. The SMILES string of the molecule is CC(C)c1cccc(C(C)C)c1-c1ccc2c3cc(C(F)(F)F)c[c-]c3c3nc(Cc4ccccc4)cn3c2c1.CCCCc1cc(C)c(-n2cc(CC)nc2-c2[c-]ccc(C)c2)c(C)c1.Cc1cc(C)c(-n2ccnc2-c2[c-]ccc(C#N)c2)c(C)c1.Cc1cc(C)c(-n2nc(CC(C)C)nc2-c2[c-]cc(C(C)C)nc2)c(C)c1.[C-]#[N+]c1cc[c-]c(-c2nc(CCCC)cn2-c2c(C)cc(C)cc2C)c1.[Ir].[Ir].[Ir].[Ir]. The summed E-state index contributed by atoms with van der Waals surface area (Å²) in [6.07, 6.45) is 16.7. The van der Waals surface area contributed by atoms with Gasteiger partial charge in [-0.3, -0.25) is 34.4 Å². The first-order chi connectivity index (χ1) is 67.5. The molecule has 0 atom stereocenters. The summed E-state index contributed by atoms with van der Waals surface area (Å²) in [5.41, 5.74) is 36.5. The molecular formula is C124H128F3Ir4N14-5. The van der Waals surface area contributed by atoms with E-state index in [2.05, 4.69) is 334 Å². The Kier molecular flexibility index (Phi) is 40.6. The van der Waals surface area contributed by atoms with Crippen molar-refractivity contribution < 1.29 is 93.6 Å². The summed E-state index contributed by atoms with van der Waals surface area (Å²) >= 11 is 0. The molecule has 7 heterocycles. The van der Waals surface area contributed by atoms with Crippen LogP contribution in [0, 0.1) is 137 Å². The third kappa shape index (κ3) is 27.2. The van der Waals surface area contributed by atoms with E-state index in [9.17, 15) is 13.2 Å². The van der Waals surface area contributed by atoms with Crippen LogP contribution in [0.2, 0.25) is 0 Å². The van der Waals surface area contributed by atoms with E-state index >= 15 is 0 Å². The Labute approximate surface area is 910 Å². The van der Waals surface area contributed by atoms with E-state index in [1.807, 2.05) is 88.3 Å². The summed E-state index contributed by atoms with van der Waals surface area (Å²) < 4.78 is 51.8. The van der Waals surface area contributed by atoms with Gasteiger partial charge >= 0.3 is 6.18 Å². The van der Waals surface area contributed by atoms with Gasteiger partial charge in [0.1, 0.15) is 11.5 Å². The number of hydrogen-bond donors (Lipinski definition) is 0. The number of fused-ring (bicyclic) bond motifs is 6. The average Bonchev–Trinajstić information content (AvgIpc) is 1.68. The van der Waals surface area contributed by atoms with Crippen molar-refractivity contribution in [3.05, 3.63) is 396 Å². The Morgan fingerprint density at radius 1 is 0.462 bits per heavy atom. The second-order valence-corrected chi connectivity index (χ2v) is 38.8. The van der Waals surface area contributed by atoms with Crippen LogP contribution in [0.15, 0.2) is 225 Å². The third-order valence-electron chi connectivity index (χ3n) is 25.5. The van der Waals surface area contributed by atoms with Crippen LogP contribution in [-0.4, -0.2) is 57.8 Å². The van der Waals surface area contributed by atoms with Crippen molar-refractivity contribution in [2.45, 2.75) is 241 Å². The van der Waals surface area contributed by atoms with Gasteiger partial charge < -0.3 is 23.1 Å². The zero-order valence-electron chi connectivity index (χ0n) is 87.3. The van der Waals surface area contributed by atoms with Gasteiger partial charge in [-0.2, -0.15) is 29.6 Å². The Morgan fingerprint density at radius 2 is 1.01 bits per heavy atom. The van der Waals surface area contributed by atoms with Gasteiger partial charge in [0.25, 0.3) is 0 Å². The van der Waals surface area contributed by atoms with Crippen LogP contribution in [0.1, 0.15) is 248 Å². The van der Waals surface area contributed by atoms with Crippen molar-refractivity contribution in [1.29, 1.82) is 5.26 Å². The maximum Gasteiger partial charge on any atom is 0.381 e. The second kappa shape index (κ2) is 51.3. The van der Waals surface area contributed by atoms with E-state index in [1.54, 1.807) is 24.4 Å². The number of rotatable bonds is 23. The number of halogens is 3. The molecule has 145 heavy (non-hydrogen) atoms. The molecule has 0 bridgehead atoms. The van der Waals surface area contributed by atoms with E-state index in [1.165, 1.54) is 119 Å². The average molecular weight is 2640 g/mol. The van der Waals surface area contributed by atoms with Crippen LogP contribution < -0.4 is 0 Å². The monoisotopic (exact) mass is 2640 g/mol. The summed E-state index contributed by atoms with van der Waals surface area (Å²) in [7, 11) is 0. The number of nitrogens with zero attached hydrogens (tertiary/aromatic N) is 14.